The van der Waals surface area contributed by atoms with Gasteiger partial charge in [-0.05, 0) is 43.4 Å². The quantitative estimate of drug-likeness (QED) is 0.628. The lowest BCUT2D eigenvalue weighted by Crippen LogP contribution is -2.65. The van der Waals surface area contributed by atoms with Crippen LogP contribution in [0.1, 0.15) is 68.8 Å². The highest BCUT2D eigenvalue weighted by Crippen LogP contribution is 2.39. The number of benzene rings is 1. The second-order valence-corrected chi connectivity index (χ2v) is 8.95. The number of aliphatic hydroxyl groups is 1. The Labute approximate surface area is 183 Å². The number of ether oxygens (including phenoxy) is 1. The van der Waals surface area contributed by atoms with Crippen molar-refractivity contribution in [2.75, 3.05) is 19.7 Å². The van der Waals surface area contributed by atoms with Gasteiger partial charge < -0.3 is 25.2 Å². The number of amides is 2. The molecule has 2 amide bonds. The van der Waals surface area contributed by atoms with E-state index >= 15 is 0 Å². The maximum absolute atomic E-state index is 12.8. The molecule has 2 aliphatic rings. The summed E-state index contributed by atoms with van der Waals surface area (Å²) in [5.74, 6) is 0.300. The van der Waals surface area contributed by atoms with Gasteiger partial charge >= 0.3 is 0 Å². The maximum atomic E-state index is 12.8. The van der Waals surface area contributed by atoms with Crippen molar-refractivity contribution in [2.24, 2.45) is 0 Å². The van der Waals surface area contributed by atoms with Crippen molar-refractivity contribution in [2.45, 2.75) is 70.1 Å². The SMILES string of the molecule is CC(=O)N1CCC2(CC1)C[C@@](C)(NC(=O)c1ccc(C(C)C)cc1)[C@H](O)CO2.O=CO. The van der Waals surface area contributed by atoms with Crippen LogP contribution < -0.4 is 5.32 Å². The number of aliphatic hydroxyl groups excluding tert-OH is 1. The summed E-state index contributed by atoms with van der Waals surface area (Å²) in [6, 6.07) is 7.62. The molecule has 1 aromatic rings. The molecule has 172 valence electrons. The van der Waals surface area contributed by atoms with E-state index in [-0.39, 0.29) is 24.9 Å². The number of carboxylic acid groups (broad SMARTS) is 1. The lowest BCUT2D eigenvalue weighted by atomic mass is 9.74. The number of hydrogen-bond donors (Lipinski definition) is 3. The first-order chi connectivity index (χ1) is 14.6. The predicted molar refractivity (Wildman–Crippen MR) is 116 cm³/mol. The Balaban J connectivity index is 0.00000107. The van der Waals surface area contributed by atoms with Gasteiger partial charge in [-0.3, -0.25) is 14.4 Å². The van der Waals surface area contributed by atoms with Gasteiger partial charge in [0.2, 0.25) is 5.91 Å². The molecule has 0 saturated carbocycles. The summed E-state index contributed by atoms with van der Waals surface area (Å²) in [6.07, 6.45) is 1.19. The number of piperidine rings is 1. The Morgan fingerprint density at radius 2 is 1.77 bits per heavy atom. The van der Waals surface area contributed by atoms with Crippen LogP contribution in [-0.2, 0) is 14.3 Å². The molecule has 8 heteroatoms. The molecule has 31 heavy (non-hydrogen) atoms. The number of hydrogen-bond acceptors (Lipinski definition) is 5. The molecule has 1 aromatic carbocycles. The van der Waals surface area contributed by atoms with Crippen LogP contribution in [0.25, 0.3) is 0 Å². The standard InChI is InChI=1S/C22H32N2O4.CH2O2/c1-15(2)17-5-7-18(8-6-17)20(27)23-21(4)14-22(28-13-19(21)26)9-11-24(12-10-22)16(3)25;2-1-3/h5-8,15,19,26H,9-14H2,1-4H3,(H,23,27);1H,(H,2,3)/t19-,21-;/m1./s1. The third kappa shape index (κ3) is 6.04. The van der Waals surface area contributed by atoms with Gasteiger partial charge in [0.1, 0.15) is 6.10 Å². The van der Waals surface area contributed by atoms with Gasteiger partial charge in [0.15, 0.2) is 0 Å². The van der Waals surface area contributed by atoms with Crippen LogP contribution >= 0.6 is 0 Å². The molecule has 0 unspecified atom stereocenters. The minimum absolute atomic E-state index is 0.0756. The summed E-state index contributed by atoms with van der Waals surface area (Å²) in [6.45, 7) is 8.93. The lowest BCUT2D eigenvalue weighted by Gasteiger charge is -2.51. The van der Waals surface area contributed by atoms with E-state index in [1.165, 1.54) is 5.56 Å². The fourth-order valence-corrected chi connectivity index (χ4v) is 4.31. The molecule has 2 aliphatic heterocycles. The van der Waals surface area contributed by atoms with Crippen LogP contribution in [0.2, 0.25) is 0 Å². The summed E-state index contributed by atoms with van der Waals surface area (Å²) in [4.78, 5) is 34.6. The van der Waals surface area contributed by atoms with Gasteiger partial charge in [0.25, 0.3) is 12.4 Å². The number of nitrogens with zero attached hydrogens (tertiary/aromatic N) is 1. The van der Waals surface area contributed by atoms with Crippen LogP contribution in [0, 0.1) is 0 Å². The smallest absolute Gasteiger partial charge is 0.290 e. The predicted octanol–water partition coefficient (Wildman–Crippen LogP) is 2.16. The van der Waals surface area contributed by atoms with E-state index in [1.54, 1.807) is 6.92 Å². The van der Waals surface area contributed by atoms with Crippen LogP contribution in [0.3, 0.4) is 0 Å². The maximum Gasteiger partial charge on any atom is 0.290 e. The van der Waals surface area contributed by atoms with Crippen molar-refractivity contribution in [1.29, 1.82) is 0 Å². The van der Waals surface area contributed by atoms with Crippen molar-refractivity contribution >= 4 is 18.3 Å². The van der Waals surface area contributed by atoms with Gasteiger partial charge in [-0.25, -0.2) is 0 Å². The third-order valence-corrected chi connectivity index (χ3v) is 6.33. The van der Waals surface area contributed by atoms with Gasteiger partial charge in [-0.2, -0.15) is 0 Å². The Morgan fingerprint density at radius 1 is 1.23 bits per heavy atom. The van der Waals surface area contributed by atoms with Crippen molar-refractivity contribution in [3.63, 3.8) is 0 Å². The first kappa shape index (κ1) is 24.8. The number of carbonyl (C=O) groups is 3. The summed E-state index contributed by atoms with van der Waals surface area (Å²) >= 11 is 0. The van der Waals surface area contributed by atoms with Gasteiger partial charge in [-0.15, -0.1) is 0 Å². The first-order valence-electron chi connectivity index (χ1n) is 10.6. The topological polar surface area (TPSA) is 116 Å². The molecule has 0 bridgehead atoms. The lowest BCUT2D eigenvalue weighted by molar-refractivity contribution is -0.179. The molecule has 2 atom stereocenters. The second-order valence-electron chi connectivity index (χ2n) is 8.95. The molecule has 3 N–H and O–H groups in total. The van der Waals surface area contributed by atoms with Crippen molar-refractivity contribution in [3.8, 4) is 0 Å². The Bertz CT molecular complexity index is 771. The third-order valence-electron chi connectivity index (χ3n) is 6.33. The Morgan fingerprint density at radius 3 is 2.26 bits per heavy atom. The van der Waals surface area contributed by atoms with Crippen LogP contribution in [0.5, 0.6) is 0 Å². The highest BCUT2D eigenvalue weighted by Gasteiger charge is 2.50. The molecule has 2 fully saturated rings. The summed E-state index contributed by atoms with van der Waals surface area (Å²) in [5.41, 5.74) is 0.592. The zero-order valence-corrected chi connectivity index (χ0v) is 18.8. The molecule has 8 nitrogen and oxygen atoms in total. The van der Waals surface area contributed by atoms with Gasteiger partial charge in [0, 0.05) is 32.0 Å². The molecule has 0 radical (unpaired) electrons. The molecule has 0 aliphatic carbocycles. The summed E-state index contributed by atoms with van der Waals surface area (Å²) in [7, 11) is 0. The zero-order valence-electron chi connectivity index (χ0n) is 18.8. The molecular weight excluding hydrogens is 400 g/mol. The van der Waals surface area contributed by atoms with Crippen LogP contribution in [0.15, 0.2) is 24.3 Å². The molecule has 2 saturated heterocycles. The van der Waals surface area contributed by atoms with E-state index in [0.717, 1.165) is 0 Å². The van der Waals surface area contributed by atoms with Crippen molar-refractivity contribution in [3.05, 3.63) is 35.4 Å². The average Bonchev–Trinajstić information content (AvgIpc) is 2.72. The highest BCUT2D eigenvalue weighted by molar-refractivity contribution is 5.94. The van der Waals surface area contributed by atoms with E-state index in [4.69, 9.17) is 14.6 Å². The summed E-state index contributed by atoms with van der Waals surface area (Å²) in [5, 5.41) is 20.5. The Hall–Kier alpha value is -2.45. The first-order valence-corrected chi connectivity index (χ1v) is 10.6. The monoisotopic (exact) mass is 434 g/mol. The fraction of sp³-hybridized carbons (Fsp3) is 0.609. The van der Waals surface area contributed by atoms with Crippen LogP contribution in [0.4, 0.5) is 0 Å². The summed E-state index contributed by atoms with van der Waals surface area (Å²) < 4.78 is 6.03. The largest absolute Gasteiger partial charge is 0.483 e. The van der Waals surface area contributed by atoms with Gasteiger partial charge in [-0.1, -0.05) is 26.0 Å². The number of carbonyl (C=O) groups excluding carboxylic acids is 2. The van der Waals surface area contributed by atoms with Gasteiger partial charge in [0.05, 0.1) is 17.7 Å². The van der Waals surface area contributed by atoms with E-state index in [2.05, 4.69) is 19.2 Å². The zero-order chi connectivity index (χ0) is 23.2. The normalized spacial score (nSPS) is 24.8. The number of rotatable bonds is 3. The number of likely N-dealkylation sites (tertiary alicyclic amines) is 1. The average molecular weight is 435 g/mol. The molecule has 2 heterocycles. The number of nitrogens with one attached hydrogen (secondary N) is 1. The van der Waals surface area contributed by atoms with Crippen molar-refractivity contribution in [1.82, 2.24) is 10.2 Å². The molecular formula is C23H34N2O6. The fourth-order valence-electron chi connectivity index (χ4n) is 4.31. The highest BCUT2D eigenvalue weighted by atomic mass is 16.5. The van der Waals surface area contributed by atoms with Crippen LogP contribution in [-0.4, -0.2) is 70.3 Å². The van der Waals surface area contributed by atoms with E-state index in [9.17, 15) is 14.7 Å². The minimum Gasteiger partial charge on any atom is -0.483 e. The van der Waals surface area contributed by atoms with E-state index in [0.29, 0.717) is 43.8 Å². The Kier molecular flexibility index (Phi) is 8.20. The minimum atomic E-state index is -0.775. The van der Waals surface area contributed by atoms with E-state index in [1.807, 2.05) is 36.1 Å². The molecule has 1 spiro atoms. The second kappa shape index (κ2) is 10.2. The van der Waals surface area contributed by atoms with E-state index < -0.39 is 17.2 Å². The molecule has 0 aromatic heterocycles. The molecule has 3 rings (SSSR count). The van der Waals surface area contributed by atoms with Crippen molar-refractivity contribution < 1.29 is 29.3 Å².